The normalized spacial score (nSPS) is 11.8. The minimum atomic E-state index is -0.327. The molecule has 0 fully saturated rings. The molecule has 1 aromatic heterocycles. The minimum Gasteiger partial charge on any atom is -0.467 e. The Morgan fingerprint density at radius 1 is 1.08 bits per heavy atom. The fraction of sp³-hybridized carbons (Fsp3) is 0.190. The number of ether oxygens (including phenoxy) is 1. The van der Waals surface area contributed by atoms with Crippen molar-refractivity contribution in [3.63, 3.8) is 0 Å². The van der Waals surface area contributed by atoms with Gasteiger partial charge < -0.3 is 4.74 Å². The number of methoxy groups -OCH3 is 1. The highest BCUT2D eigenvalue weighted by molar-refractivity contribution is 9.10. The quantitative estimate of drug-likeness (QED) is 0.600. The Labute approximate surface area is 161 Å². The Balaban J connectivity index is 1.95. The van der Waals surface area contributed by atoms with Gasteiger partial charge in [-0.3, -0.25) is 4.79 Å². The molecule has 2 aromatic carbocycles. The van der Waals surface area contributed by atoms with Crippen molar-refractivity contribution in [1.82, 2.24) is 9.97 Å². The SMILES string of the molecule is COc1ncc(CC(=O)C(c2ccc(Br)cc2)c2ccccc2C)cn1. The number of carbonyl (C=O) groups is 1. The fourth-order valence-electron chi connectivity index (χ4n) is 2.95. The van der Waals surface area contributed by atoms with Gasteiger partial charge in [-0.25, -0.2) is 9.97 Å². The molecule has 0 amide bonds. The van der Waals surface area contributed by atoms with Gasteiger partial charge in [-0.2, -0.15) is 0 Å². The number of rotatable bonds is 6. The molecular weight excluding hydrogens is 392 g/mol. The number of hydrogen-bond donors (Lipinski definition) is 0. The second-order valence-corrected chi connectivity index (χ2v) is 6.98. The van der Waals surface area contributed by atoms with E-state index >= 15 is 0 Å². The van der Waals surface area contributed by atoms with E-state index in [1.165, 1.54) is 7.11 Å². The lowest BCUT2D eigenvalue weighted by Crippen LogP contribution is -2.18. The molecule has 0 aliphatic rings. The highest BCUT2D eigenvalue weighted by atomic mass is 79.9. The molecule has 0 spiro atoms. The Hall–Kier alpha value is -2.53. The van der Waals surface area contributed by atoms with Gasteiger partial charge in [-0.05, 0) is 41.3 Å². The number of nitrogens with zero attached hydrogens (tertiary/aromatic N) is 2. The third-order valence-corrected chi connectivity index (χ3v) is 4.80. The van der Waals surface area contributed by atoms with Gasteiger partial charge >= 0.3 is 6.01 Å². The van der Waals surface area contributed by atoms with Crippen molar-refractivity contribution < 1.29 is 9.53 Å². The predicted octanol–water partition coefficient (Wildman–Crippen LogP) is 4.50. The van der Waals surface area contributed by atoms with Crippen LogP contribution in [0.4, 0.5) is 0 Å². The monoisotopic (exact) mass is 410 g/mol. The molecular formula is C21H19BrN2O2. The van der Waals surface area contributed by atoms with Gasteiger partial charge in [0.15, 0.2) is 0 Å². The molecule has 0 saturated heterocycles. The largest absolute Gasteiger partial charge is 0.467 e. The smallest absolute Gasteiger partial charge is 0.316 e. The van der Waals surface area contributed by atoms with Crippen LogP contribution in [-0.2, 0) is 11.2 Å². The van der Waals surface area contributed by atoms with Crippen LogP contribution in [0.1, 0.15) is 28.2 Å². The Kier molecular flexibility index (Phi) is 5.78. The summed E-state index contributed by atoms with van der Waals surface area (Å²) >= 11 is 3.46. The maximum absolute atomic E-state index is 13.2. The van der Waals surface area contributed by atoms with Crippen LogP contribution < -0.4 is 4.74 Å². The van der Waals surface area contributed by atoms with Gasteiger partial charge in [0, 0.05) is 23.3 Å². The second-order valence-electron chi connectivity index (χ2n) is 6.06. The molecule has 132 valence electrons. The molecule has 0 radical (unpaired) electrons. The van der Waals surface area contributed by atoms with E-state index in [1.807, 2.05) is 55.5 Å². The number of halogens is 1. The summed E-state index contributed by atoms with van der Waals surface area (Å²) in [6.07, 6.45) is 3.54. The van der Waals surface area contributed by atoms with Crippen LogP contribution in [0.5, 0.6) is 6.01 Å². The lowest BCUT2D eigenvalue weighted by atomic mass is 9.83. The Morgan fingerprint density at radius 2 is 1.73 bits per heavy atom. The van der Waals surface area contributed by atoms with Crippen LogP contribution in [-0.4, -0.2) is 22.9 Å². The van der Waals surface area contributed by atoms with Crippen molar-refractivity contribution in [2.24, 2.45) is 0 Å². The van der Waals surface area contributed by atoms with Gasteiger partial charge in [-0.1, -0.05) is 52.3 Å². The first kappa shape index (κ1) is 18.3. The second kappa shape index (κ2) is 8.23. The molecule has 3 rings (SSSR count). The minimum absolute atomic E-state index is 0.107. The maximum Gasteiger partial charge on any atom is 0.316 e. The average molecular weight is 411 g/mol. The average Bonchev–Trinajstić information content (AvgIpc) is 2.66. The predicted molar refractivity (Wildman–Crippen MR) is 104 cm³/mol. The Morgan fingerprint density at radius 3 is 2.35 bits per heavy atom. The lowest BCUT2D eigenvalue weighted by Gasteiger charge is -2.19. The summed E-state index contributed by atoms with van der Waals surface area (Å²) in [7, 11) is 1.52. The Bertz CT molecular complexity index is 893. The molecule has 3 aromatic rings. The lowest BCUT2D eigenvalue weighted by molar-refractivity contribution is -0.119. The first-order chi connectivity index (χ1) is 12.6. The van der Waals surface area contributed by atoms with Gasteiger partial charge in [0.05, 0.1) is 13.0 Å². The molecule has 0 aliphatic carbocycles. The van der Waals surface area contributed by atoms with Crippen molar-refractivity contribution in [1.29, 1.82) is 0 Å². The van der Waals surface area contributed by atoms with Crippen molar-refractivity contribution in [3.05, 3.63) is 87.7 Å². The van der Waals surface area contributed by atoms with E-state index in [-0.39, 0.29) is 18.1 Å². The summed E-state index contributed by atoms with van der Waals surface area (Å²) in [5.74, 6) is -0.221. The number of aryl methyl sites for hydroxylation is 1. The first-order valence-electron chi connectivity index (χ1n) is 8.27. The molecule has 0 bridgehead atoms. The van der Waals surface area contributed by atoms with Crippen molar-refractivity contribution in [3.8, 4) is 6.01 Å². The summed E-state index contributed by atoms with van der Waals surface area (Å²) in [4.78, 5) is 21.4. The molecule has 4 nitrogen and oxygen atoms in total. The maximum atomic E-state index is 13.2. The number of aromatic nitrogens is 2. The van der Waals surface area contributed by atoms with Crippen LogP contribution in [0.3, 0.4) is 0 Å². The van der Waals surface area contributed by atoms with E-state index in [0.717, 1.165) is 26.7 Å². The fourth-order valence-corrected chi connectivity index (χ4v) is 3.21. The highest BCUT2D eigenvalue weighted by Gasteiger charge is 2.24. The topological polar surface area (TPSA) is 52.1 Å². The molecule has 0 saturated carbocycles. The van der Waals surface area contributed by atoms with Gasteiger partial charge in [0.25, 0.3) is 0 Å². The van der Waals surface area contributed by atoms with E-state index in [1.54, 1.807) is 12.4 Å². The molecule has 5 heteroatoms. The van der Waals surface area contributed by atoms with Crippen LogP contribution in [0.2, 0.25) is 0 Å². The number of ketones is 1. The standard InChI is InChI=1S/C21H19BrN2O2/c1-14-5-3-4-6-18(14)20(16-7-9-17(22)10-8-16)19(25)11-15-12-23-21(26-2)24-13-15/h3-10,12-13,20H,11H2,1-2H3. The van der Waals surface area contributed by atoms with Crippen molar-refractivity contribution >= 4 is 21.7 Å². The molecule has 1 unspecified atom stereocenters. The van der Waals surface area contributed by atoms with Crippen LogP contribution in [0, 0.1) is 6.92 Å². The zero-order valence-corrected chi connectivity index (χ0v) is 16.2. The molecule has 26 heavy (non-hydrogen) atoms. The van der Waals surface area contributed by atoms with E-state index in [2.05, 4.69) is 25.9 Å². The van der Waals surface area contributed by atoms with Crippen molar-refractivity contribution in [2.75, 3.05) is 7.11 Å². The van der Waals surface area contributed by atoms with E-state index in [0.29, 0.717) is 6.01 Å². The van der Waals surface area contributed by atoms with Crippen LogP contribution in [0.15, 0.2) is 65.4 Å². The summed E-state index contributed by atoms with van der Waals surface area (Å²) < 4.78 is 5.96. The molecule has 0 N–H and O–H groups in total. The number of benzene rings is 2. The first-order valence-corrected chi connectivity index (χ1v) is 9.06. The zero-order valence-electron chi connectivity index (χ0n) is 14.6. The van der Waals surface area contributed by atoms with Crippen molar-refractivity contribution in [2.45, 2.75) is 19.3 Å². The zero-order chi connectivity index (χ0) is 18.5. The summed E-state index contributed by atoms with van der Waals surface area (Å²) in [5, 5.41) is 0. The van der Waals surface area contributed by atoms with Crippen LogP contribution in [0.25, 0.3) is 0 Å². The highest BCUT2D eigenvalue weighted by Crippen LogP contribution is 2.30. The third-order valence-electron chi connectivity index (χ3n) is 4.27. The summed E-state index contributed by atoms with van der Waals surface area (Å²) in [5.41, 5.74) is 3.86. The van der Waals surface area contributed by atoms with E-state index in [4.69, 9.17) is 4.74 Å². The van der Waals surface area contributed by atoms with Crippen LogP contribution >= 0.6 is 15.9 Å². The summed E-state index contributed by atoms with van der Waals surface area (Å²) in [6.45, 7) is 2.03. The number of carbonyl (C=O) groups excluding carboxylic acids is 1. The number of Topliss-reactive ketones (excluding diaryl/α,β-unsaturated/α-hetero) is 1. The molecule has 1 heterocycles. The molecule has 0 aliphatic heterocycles. The van der Waals surface area contributed by atoms with Gasteiger partial charge in [-0.15, -0.1) is 0 Å². The summed E-state index contributed by atoms with van der Waals surface area (Å²) in [6, 6.07) is 16.2. The van der Waals surface area contributed by atoms with Gasteiger partial charge in [0.2, 0.25) is 0 Å². The molecule has 1 atom stereocenters. The third kappa shape index (κ3) is 4.17. The van der Waals surface area contributed by atoms with Gasteiger partial charge in [0.1, 0.15) is 5.78 Å². The van der Waals surface area contributed by atoms with E-state index < -0.39 is 0 Å². The number of hydrogen-bond acceptors (Lipinski definition) is 4. The van der Waals surface area contributed by atoms with E-state index in [9.17, 15) is 4.79 Å².